The number of amides is 2. The smallest absolute Gasteiger partial charge is 0.259 e. The van der Waals surface area contributed by atoms with Crippen LogP contribution >= 0.6 is 24.0 Å². The van der Waals surface area contributed by atoms with Gasteiger partial charge in [-0.1, -0.05) is 11.6 Å². The molecule has 1 aliphatic heterocycles. The average molecular weight is 421 g/mol. The molecule has 0 unspecified atom stereocenters. The number of nitrogens with zero attached hydrogens (tertiary/aromatic N) is 1. The molecule has 0 radical (unpaired) electrons. The lowest BCUT2D eigenvalue weighted by atomic mass is 9.95. The van der Waals surface area contributed by atoms with Crippen LogP contribution in [0.5, 0.6) is 11.5 Å². The fraction of sp³-hybridized carbons (Fsp3) is 0.150. The number of hydrogen-bond acceptors (Lipinski definition) is 5. The summed E-state index contributed by atoms with van der Waals surface area (Å²) < 4.78 is 10.6. The second-order valence-electron chi connectivity index (χ2n) is 5.82. The first kappa shape index (κ1) is 21.5. The molecule has 0 aliphatic carbocycles. The number of carbonyl (C=O) groups excluding carboxylic acids is 2. The summed E-state index contributed by atoms with van der Waals surface area (Å²) >= 11 is 6.28. The molecular weight excluding hydrogens is 403 g/mol. The van der Waals surface area contributed by atoms with Gasteiger partial charge in [-0.25, -0.2) is 0 Å². The molecule has 1 aliphatic rings. The van der Waals surface area contributed by atoms with Crippen molar-refractivity contribution in [3.63, 3.8) is 0 Å². The fourth-order valence-electron chi connectivity index (χ4n) is 2.88. The van der Waals surface area contributed by atoms with E-state index in [1.807, 2.05) is 0 Å². The molecule has 1 aromatic carbocycles. The van der Waals surface area contributed by atoms with Crippen LogP contribution in [0.1, 0.15) is 18.1 Å². The minimum Gasteiger partial charge on any atom is -0.493 e. The highest BCUT2D eigenvalue weighted by molar-refractivity contribution is 6.33. The van der Waals surface area contributed by atoms with Gasteiger partial charge in [-0.2, -0.15) is 0 Å². The Kier molecular flexibility index (Phi) is 6.83. The van der Waals surface area contributed by atoms with Gasteiger partial charge in [0, 0.05) is 12.4 Å². The lowest BCUT2D eigenvalue weighted by Crippen LogP contribution is -2.20. The van der Waals surface area contributed by atoms with Crippen molar-refractivity contribution in [2.24, 2.45) is 0 Å². The summed E-state index contributed by atoms with van der Waals surface area (Å²) in [4.78, 5) is 28.7. The molecular formula is C20H18Cl2N2O4. The molecule has 6 nitrogen and oxygen atoms in total. The zero-order chi connectivity index (χ0) is 19.6. The molecule has 0 bridgehead atoms. The third-order valence-corrected chi connectivity index (χ3v) is 4.51. The maximum atomic E-state index is 12.4. The van der Waals surface area contributed by atoms with E-state index in [1.54, 1.807) is 49.7 Å². The second-order valence-corrected chi connectivity index (χ2v) is 6.22. The number of rotatable bonds is 4. The van der Waals surface area contributed by atoms with Crippen LogP contribution in [0.2, 0.25) is 5.02 Å². The van der Waals surface area contributed by atoms with Crippen molar-refractivity contribution in [1.29, 1.82) is 0 Å². The average Bonchev–Trinajstić information content (AvgIpc) is 2.94. The number of pyridine rings is 1. The Labute approximate surface area is 173 Å². The minimum atomic E-state index is -0.455. The number of benzene rings is 1. The molecule has 1 aromatic heterocycles. The van der Waals surface area contributed by atoms with E-state index >= 15 is 0 Å². The summed E-state index contributed by atoms with van der Waals surface area (Å²) in [7, 11) is 2.99. The Morgan fingerprint density at radius 3 is 2.39 bits per heavy atom. The predicted octanol–water partition coefficient (Wildman–Crippen LogP) is 3.69. The van der Waals surface area contributed by atoms with Crippen LogP contribution < -0.4 is 14.8 Å². The van der Waals surface area contributed by atoms with E-state index in [9.17, 15) is 9.59 Å². The first-order chi connectivity index (χ1) is 13.0. The van der Waals surface area contributed by atoms with Crippen LogP contribution in [0.3, 0.4) is 0 Å². The zero-order valence-electron chi connectivity index (χ0n) is 15.4. The Balaban J connectivity index is 0.00000280. The van der Waals surface area contributed by atoms with Crippen LogP contribution in [0.15, 0.2) is 47.8 Å². The van der Waals surface area contributed by atoms with Crippen LogP contribution in [0.4, 0.5) is 0 Å². The molecule has 2 aromatic rings. The fourth-order valence-corrected chi connectivity index (χ4v) is 3.17. The minimum absolute atomic E-state index is 0. The van der Waals surface area contributed by atoms with Crippen molar-refractivity contribution in [2.75, 3.05) is 14.2 Å². The van der Waals surface area contributed by atoms with Gasteiger partial charge in [-0.3, -0.25) is 19.9 Å². The Morgan fingerprint density at radius 1 is 1.11 bits per heavy atom. The molecule has 0 saturated carbocycles. The summed E-state index contributed by atoms with van der Waals surface area (Å²) in [6, 6.07) is 6.89. The zero-order valence-corrected chi connectivity index (χ0v) is 17.0. The maximum Gasteiger partial charge on any atom is 0.259 e. The number of imide groups is 1. The van der Waals surface area contributed by atoms with E-state index in [0.29, 0.717) is 33.2 Å². The molecule has 1 saturated heterocycles. The highest BCUT2D eigenvalue weighted by Gasteiger charge is 2.32. The van der Waals surface area contributed by atoms with Crippen molar-refractivity contribution in [3.05, 3.63) is 64.0 Å². The Bertz CT molecular complexity index is 985. The number of ether oxygens (including phenoxy) is 2. The van der Waals surface area contributed by atoms with Crippen molar-refractivity contribution in [3.8, 4) is 11.5 Å². The molecule has 1 N–H and O–H groups in total. The standard InChI is InChI=1S/C20H17ClN2O4.ClH/c1-11(13-9-15(21)18(27-3)16(10-13)26-2)17-14(19(24)23-20(17)25)8-12-4-6-22-7-5-12;/h4-10H,1-3H3,(H,23,24,25);1H/b14-8+,17-11-;. The molecule has 0 spiro atoms. The third kappa shape index (κ3) is 4.03. The molecule has 28 heavy (non-hydrogen) atoms. The van der Waals surface area contributed by atoms with Crippen LogP contribution in [0.25, 0.3) is 11.6 Å². The quantitative estimate of drug-likeness (QED) is 0.602. The molecule has 8 heteroatoms. The molecule has 0 atom stereocenters. The van der Waals surface area contributed by atoms with Gasteiger partial charge in [-0.05, 0) is 54.0 Å². The van der Waals surface area contributed by atoms with Gasteiger partial charge < -0.3 is 9.47 Å². The molecule has 3 rings (SSSR count). The summed E-state index contributed by atoms with van der Waals surface area (Å²) in [6.45, 7) is 1.76. The summed E-state index contributed by atoms with van der Waals surface area (Å²) in [5.74, 6) is -0.0639. The van der Waals surface area contributed by atoms with Gasteiger partial charge in [0.15, 0.2) is 11.5 Å². The largest absolute Gasteiger partial charge is 0.493 e. The van der Waals surface area contributed by atoms with Gasteiger partial charge in [-0.15, -0.1) is 12.4 Å². The number of nitrogens with one attached hydrogen (secondary N) is 1. The van der Waals surface area contributed by atoms with Crippen molar-refractivity contribution < 1.29 is 19.1 Å². The van der Waals surface area contributed by atoms with Crippen LogP contribution in [-0.2, 0) is 9.59 Å². The van der Waals surface area contributed by atoms with E-state index < -0.39 is 11.8 Å². The first-order valence-corrected chi connectivity index (χ1v) is 8.44. The lowest BCUT2D eigenvalue weighted by Gasteiger charge is -2.13. The molecule has 1 fully saturated rings. The Morgan fingerprint density at radius 2 is 1.79 bits per heavy atom. The number of allylic oxidation sites excluding steroid dienone is 1. The number of hydrogen-bond donors (Lipinski definition) is 1. The van der Waals surface area contributed by atoms with Gasteiger partial charge >= 0.3 is 0 Å². The number of carbonyl (C=O) groups is 2. The SMILES string of the molecule is COc1cc(/C(C)=C2\C(=O)NC(=O)\C2=C\c2ccncc2)cc(Cl)c1OC.Cl. The highest BCUT2D eigenvalue weighted by Crippen LogP contribution is 2.39. The van der Waals surface area contributed by atoms with Crippen LogP contribution in [0, 0.1) is 0 Å². The first-order valence-electron chi connectivity index (χ1n) is 8.06. The molecule has 2 heterocycles. The number of methoxy groups -OCH3 is 2. The number of aromatic nitrogens is 1. The van der Waals surface area contributed by atoms with E-state index in [1.165, 1.54) is 14.2 Å². The predicted molar refractivity (Wildman–Crippen MR) is 110 cm³/mol. The number of halogens is 2. The highest BCUT2D eigenvalue weighted by atomic mass is 35.5. The van der Waals surface area contributed by atoms with Crippen LogP contribution in [-0.4, -0.2) is 31.0 Å². The third-order valence-electron chi connectivity index (χ3n) is 4.23. The maximum absolute atomic E-state index is 12.4. The van der Waals surface area contributed by atoms with Crippen molar-refractivity contribution in [1.82, 2.24) is 10.3 Å². The molecule has 2 amide bonds. The van der Waals surface area contributed by atoms with Gasteiger partial charge in [0.1, 0.15) is 0 Å². The van der Waals surface area contributed by atoms with Crippen molar-refractivity contribution >= 4 is 47.5 Å². The summed E-state index contributed by atoms with van der Waals surface area (Å²) in [6.07, 6.45) is 4.89. The topological polar surface area (TPSA) is 77.5 Å². The molecule has 146 valence electrons. The van der Waals surface area contributed by atoms with E-state index in [0.717, 1.165) is 5.56 Å². The normalized spacial score (nSPS) is 16.5. The van der Waals surface area contributed by atoms with Crippen molar-refractivity contribution in [2.45, 2.75) is 6.92 Å². The summed E-state index contributed by atoms with van der Waals surface area (Å²) in [5.41, 5.74) is 2.59. The summed E-state index contributed by atoms with van der Waals surface area (Å²) in [5, 5.41) is 2.69. The van der Waals surface area contributed by atoms with E-state index in [2.05, 4.69) is 10.3 Å². The van der Waals surface area contributed by atoms with E-state index in [-0.39, 0.29) is 18.0 Å². The second kappa shape index (κ2) is 8.91. The van der Waals surface area contributed by atoms with Gasteiger partial charge in [0.05, 0.1) is 30.4 Å². The Hall–Kier alpha value is -2.83. The lowest BCUT2D eigenvalue weighted by molar-refractivity contribution is -0.123. The van der Waals surface area contributed by atoms with Gasteiger partial charge in [0.2, 0.25) is 0 Å². The van der Waals surface area contributed by atoms with Gasteiger partial charge in [0.25, 0.3) is 11.8 Å². The monoisotopic (exact) mass is 420 g/mol. The van der Waals surface area contributed by atoms with E-state index in [4.69, 9.17) is 21.1 Å².